The van der Waals surface area contributed by atoms with E-state index in [1.807, 2.05) is 25.1 Å². The van der Waals surface area contributed by atoms with Gasteiger partial charge in [-0.05, 0) is 68.6 Å². The standard InChI is InChI=1S/C12H9Br2NOS/c1-6-2-7(4-8(15)3-6)11(16)10-5-9(13)12(14)17-10/h2-5H,15H2,1H3. The van der Waals surface area contributed by atoms with Gasteiger partial charge >= 0.3 is 0 Å². The number of aryl methyl sites for hydroxylation is 1. The fourth-order valence-corrected chi connectivity index (χ4v) is 3.54. The second-order valence-electron chi connectivity index (χ2n) is 3.69. The summed E-state index contributed by atoms with van der Waals surface area (Å²) in [5.74, 6) is -0.00296. The molecule has 0 saturated carbocycles. The first-order chi connectivity index (χ1) is 7.97. The van der Waals surface area contributed by atoms with Gasteiger partial charge in [-0.15, -0.1) is 11.3 Å². The Labute approximate surface area is 120 Å². The van der Waals surface area contributed by atoms with Gasteiger partial charge in [-0.3, -0.25) is 4.79 Å². The largest absolute Gasteiger partial charge is 0.399 e. The predicted molar refractivity (Wildman–Crippen MR) is 78.7 cm³/mol. The molecule has 2 N–H and O–H groups in total. The van der Waals surface area contributed by atoms with Gasteiger partial charge in [0.1, 0.15) is 0 Å². The molecule has 17 heavy (non-hydrogen) atoms. The van der Waals surface area contributed by atoms with Crippen molar-refractivity contribution in [2.45, 2.75) is 6.92 Å². The molecular formula is C12H9Br2NOS. The zero-order valence-electron chi connectivity index (χ0n) is 8.96. The highest BCUT2D eigenvalue weighted by molar-refractivity contribution is 9.13. The third-order valence-electron chi connectivity index (χ3n) is 2.23. The lowest BCUT2D eigenvalue weighted by Crippen LogP contribution is -2.00. The molecule has 0 aliphatic carbocycles. The molecule has 0 aliphatic heterocycles. The third kappa shape index (κ3) is 2.78. The van der Waals surface area contributed by atoms with Crippen LogP contribution in [0.25, 0.3) is 0 Å². The SMILES string of the molecule is Cc1cc(N)cc(C(=O)c2cc(Br)c(Br)s2)c1. The zero-order chi connectivity index (χ0) is 12.6. The minimum atomic E-state index is -0.00296. The molecule has 0 spiro atoms. The second kappa shape index (κ2) is 4.92. The lowest BCUT2D eigenvalue weighted by atomic mass is 10.1. The third-order valence-corrected chi connectivity index (χ3v) is 5.49. The average Bonchev–Trinajstić information content (AvgIpc) is 2.57. The maximum Gasteiger partial charge on any atom is 0.203 e. The van der Waals surface area contributed by atoms with Crippen molar-refractivity contribution in [1.29, 1.82) is 0 Å². The molecule has 2 rings (SSSR count). The van der Waals surface area contributed by atoms with E-state index in [9.17, 15) is 4.79 Å². The lowest BCUT2D eigenvalue weighted by molar-refractivity contribution is 0.104. The second-order valence-corrected chi connectivity index (χ2v) is 6.92. The van der Waals surface area contributed by atoms with Crippen LogP contribution in [0.1, 0.15) is 20.8 Å². The van der Waals surface area contributed by atoms with Crippen molar-refractivity contribution in [3.63, 3.8) is 0 Å². The summed E-state index contributed by atoms with van der Waals surface area (Å²) in [5.41, 5.74) is 7.97. The summed E-state index contributed by atoms with van der Waals surface area (Å²) in [5, 5.41) is 0. The van der Waals surface area contributed by atoms with Crippen molar-refractivity contribution in [3.05, 3.63) is 48.5 Å². The number of halogens is 2. The number of rotatable bonds is 2. The summed E-state index contributed by atoms with van der Waals surface area (Å²) < 4.78 is 1.81. The summed E-state index contributed by atoms with van der Waals surface area (Å²) in [6, 6.07) is 7.21. The van der Waals surface area contributed by atoms with E-state index in [0.717, 1.165) is 13.8 Å². The van der Waals surface area contributed by atoms with Gasteiger partial charge in [0, 0.05) is 15.7 Å². The molecule has 1 aromatic carbocycles. The van der Waals surface area contributed by atoms with Crippen molar-refractivity contribution in [2.75, 3.05) is 5.73 Å². The fourth-order valence-electron chi connectivity index (χ4n) is 1.54. The molecule has 0 aliphatic rings. The van der Waals surface area contributed by atoms with Crippen molar-refractivity contribution in [1.82, 2.24) is 0 Å². The Morgan fingerprint density at radius 3 is 2.47 bits per heavy atom. The summed E-state index contributed by atoms with van der Waals surface area (Å²) in [4.78, 5) is 12.9. The Balaban J connectivity index is 2.43. The summed E-state index contributed by atoms with van der Waals surface area (Å²) in [6.45, 7) is 1.92. The quantitative estimate of drug-likeness (QED) is 0.625. The molecule has 0 amide bonds. The number of hydrogen-bond acceptors (Lipinski definition) is 3. The Hall–Kier alpha value is -0.650. The molecule has 88 valence electrons. The van der Waals surface area contributed by atoms with Crippen molar-refractivity contribution in [2.24, 2.45) is 0 Å². The molecule has 0 radical (unpaired) electrons. The molecule has 1 heterocycles. The van der Waals surface area contributed by atoms with Gasteiger partial charge in [0.15, 0.2) is 0 Å². The van der Waals surface area contributed by atoms with Crippen LogP contribution in [0.4, 0.5) is 5.69 Å². The van der Waals surface area contributed by atoms with E-state index in [-0.39, 0.29) is 5.78 Å². The van der Waals surface area contributed by atoms with Crippen molar-refractivity contribution in [3.8, 4) is 0 Å². The van der Waals surface area contributed by atoms with Gasteiger partial charge in [0.05, 0.1) is 8.66 Å². The molecule has 1 aromatic heterocycles. The summed E-state index contributed by atoms with van der Waals surface area (Å²) in [7, 11) is 0. The Morgan fingerprint density at radius 2 is 1.94 bits per heavy atom. The zero-order valence-corrected chi connectivity index (χ0v) is 12.9. The Morgan fingerprint density at radius 1 is 1.24 bits per heavy atom. The minimum Gasteiger partial charge on any atom is -0.399 e. The highest BCUT2D eigenvalue weighted by atomic mass is 79.9. The smallest absolute Gasteiger partial charge is 0.203 e. The number of thiophene rings is 1. The first-order valence-corrected chi connectivity index (χ1v) is 7.24. The maximum atomic E-state index is 12.2. The van der Waals surface area contributed by atoms with Gasteiger partial charge in [-0.1, -0.05) is 0 Å². The molecule has 0 atom stereocenters. The molecule has 0 saturated heterocycles. The number of carbonyl (C=O) groups is 1. The highest BCUT2D eigenvalue weighted by Gasteiger charge is 2.14. The van der Waals surface area contributed by atoms with Crippen LogP contribution in [0.2, 0.25) is 0 Å². The van der Waals surface area contributed by atoms with Crippen LogP contribution >= 0.6 is 43.2 Å². The van der Waals surface area contributed by atoms with Gasteiger partial charge < -0.3 is 5.73 Å². The molecule has 0 fully saturated rings. The number of hydrogen-bond donors (Lipinski definition) is 1. The normalized spacial score (nSPS) is 10.5. The van der Waals surface area contributed by atoms with Gasteiger partial charge in [0.2, 0.25) is 5.78 Å². The molecule has 5 heteroatoms. The van der Waals surface area contributed by atoms with Gasteiger partial charge in [-0.25, -0.2) is 0 Å². The minimum absolute atomic E-state index is 0.00296. The molecule has 0 unspecified atom stereocenters. The molecular weight excluding hydrogens is 366 g/mol. The predicted octanol–water partition coefficient (Wildman–Crippen LogP) is 4.39. The van der Waals surface area contributed by atoms with E-state index in [1.165, 1.54) is 11.3 Å². The lowest BCUT2D eigenvalue weighted by Gasteiger charge is -2.02. The van der Waals surface area contributed by atoms with E-state index < -0.39 is 0 Å². The first-order valence-electron chi connectivity index (χ1n) is 4.84. The van der Waals surface area contributed by atoms with Crippen molar-refractivity contribution >= 4 is 54.7 Å². The summed E-state index contributed by atoms with van der Waals surface area (Å²) >= 11 is 8.16. The molecule has 0 bridgehead atoms. The van der Waals surface area contributed by atoms with E-state index in [4.69, 9.17) is 5.73 Å². The molecule has 2 aromatic rings. The maximum absolute atomic E-state index is 12.2. The van der Waals surface area contributed by atoms with Crippen LogP contribution in [0.3, 0.4) is 0 Å². The summed E-state index contributed by atoms with van der Waals surface area (Å²) in [6.07, 6.45) is 0. The number of carbonyl (C=O) groups excluding carboxylic acids is 1. The number of ketones is 1. The van der Waals surface area contributed by atoms with E-state index in [2.05, 4.69) is 31.9 Å². The Bertz CT molecular complexity index is 552. The van der Waals surface area contributed by atoms with Crippen LogP contribution in [-0.2, 0) is 0 Å². The highest BCUT2D eigenvalue weighted by Crippen LogP contribution is 2.33. The van der Waals surface area contributed by atoms with E-state index >= 15 is 0 Å². The van der Waals surface area contributed by atoms with E-state index in [0.29, 0.717) is 16.1 Å². The fraction of sp³-hybridized carbons (Fsp3) is 0.0833. The van der Waals surface area contributed by atoms with Crippen LogP contribution in [-0.4, -0.2) is 5.78 Å². The van der Waals surface area contributed by atoms with Gasteiger partial charge in [-0.2, -0.15) is 0 Å². The number of nitrogens with two attached hydrogens (primary N) is 1. The topological polar surface area (TPSA) is 43.1 Å². The first kappa shape index (κ1) is 12.8. The number of anilines is 1. The van der Waals surface area contributed by atoms with E-state index in [1.54, 1.807) is 6.07 Å². The average molecular weight is 375 g/mol. The monoisotopic (exact) mass is 373 g/mol. The number of nitrogen functional groups attached to an aromatic ring is 1. The Kier molecular flexibility index (Phi) is 3.70. The van der Waals surface area contributed by atoms with Gasteiger partial charge in [0.25, 0.3) is 0 Å². The van der Waals surface area contributed by atoms with Crippen LogP contribution in [0.15, 0.2) is 32.5 Å². The van der Waals surface area contributed by atoms with Crippen LogP contribution in [0, 0.1) is 6.92 Å². The van der Waals surface area contributed by atoms with Crippen molar-refractivity contribution < 1.29 is 4.79 Å². The molecule has 2 nitrogen and oxygen atoms in total. The van der Waals surface area contributed by atoms with Crippen LogP contribution < -0.4 is 5.73 Å². The van der Waals surface area contributed by atoms with Crippen LogP contribution in [0.5, 0.6) is 0 Å². The number of benzene rings is 1.